The molecule has 140 valence electrons. The summed E-state index contributed by atoms with van der Waals surface area (Å²) in [4.78, 5) is 30.0. The van der Waals surface area contributed by atoms with Gasteiger partial charge in [0.2, 0.25) is 0 Å². The summed E-state index contributed by atoms with van der Waals surface area (Å²) in [6, 6.07) is 5.66. The Morgan fingerprint density at radius 1 is 1.33 bits per heavy atom. The number of thiophene rings is 1. The lowest BCUT2D eigenvalue weighted by molar-refractivity contribution is 0.102. The summed E-state index contributed by atoms with van der Waals surface area (Å²) in [5.74, 6) is -0.207. The molecule has 1 aromatic carbocycles. The van der Waals surface area contributed by atoms with E-state index >= 15 is 0 Å². The number of aromatic hydroxyl groups is 1. The largest absolute Gasteiger partial charge is 0.506 e. The molecule has 0 unspecified atom stereocenters. The van der Waals surface area contributed by atoms with Crippen molar-refractivity contribution in [2.45, 2.75) is 40.0 Å². The number of aromatic nitrogens is 1. The van der Waals surface area contributed by atoms with Gasteiger partial charge in [-0.1, -0.05) is 24.6 Å². The van der Waals surface area contributed by atoms with Crippen LogP contribution in [0.3, 0.4) is 0 Å². The summed E-state index contributed by atoms with van der Waals surface area (Å²) in [5.41, 5.74) is 2.91. The van der Waals surface area contributed by atoms with Crippen LogP contribution in [0, 0.1) is 19.8 Å². The van der Waals surface area contributed by atoms with Gasteiger partial charge >= 0.3 is 0 Å². The Morgan fingerprint density at radius 2 is 2.11 bits per heavy atom. The first-order chi connectivity index (χ1) is 12.8. The van der Waals surface area contributed by atoms with Crippen LogP contribution in [-0.4, -0.2) is 16.0 Å². The second-order valence-corrected chi connectivity index (χ2v) is 8.61. The zero-order valence-electron chi connectivity index (χ0n) is 15.6. The molecule has 0 saturated heterocycles. The molecular weight excluding hydrogens is 360 g/mol. The molecule has 3 aromatic rings. The van der Waals surface area contributed by atoms with Crippen molar-refractivity contribution in [3.8, 4) is 5.75 Å². The molecule has 5 nitrogen and oxygen atoms in total. The Labute approximate surface area is 161 Å². The van der Waals surface area contributed by atoms with Crippen LogP contribution in [0.1, 0.15) is 45.3 Å². The molecule has 0 bridgehead atoms. The van der Waals surface area contributed by atoms with E-state index in [1.165, 1.54) is 16.2 Å². The van der Waals surface area contributed by atoms with E-state index in [4.69, 9.17) is 0 Å². The van der Waals surface area contributed by atoms with Gasteiger partial charge in [-0.3, -0.25) is 9.59 Å². The number of aryl methyl sites for hydroxylation is 3. The number of hydrogen-bond donors (Lipinski definition) is 3. The predicted molar refractivity (Wildman–Crippen MR) is 109 cm³/mol. The van der Waals surface area contributed by atoms with Gasteiger partial charge in [-0.15, -0.1) is 11.3 Å². The van der Waals surface area contributed by atoms with Gasteiger partial charge in [0, 0.05) is 10.6 Å². The summed E-state index contributed by atoms with van der Waals surface area (Å²) in [5, 5.41) is 14.2. The number of pyridine rings is 1. The van der Waals surface area contributed by atoms with E-state index < -0.39 is 11.5 Å². The lowest BCUT2D eigenvalue weighted by Crippen LogP contribution is -2.23. The van der Waals surface area contributed by atoms with E-state index in [1.54, 1.807) is 6.07 Å². The Hall–Kier alpha value is -2.60. The molecule has 0 fully saturated rings. The first-order valence-electron chi connectivity index (χ1n) is 9.13. The predicted octanol–water partition coefficient (Wildman–Crippen LogP) is 4.29. The molecule has 0 spiro atoms. The molecule has 2 heterocycles. The minimum atomic E-state index is -0.591. The van der Waals surface area contributed by atoms with Gasteiger partial charge in [0.15, 0.2) is 0 Å². The van der Waals surface area contributed by atoms with E-state index in [-0.39, 0.29) is 11.3 Å². The number of amides is 1. The monoisotopic (exact) mass is 382 g/mol. The second-order valence-electron chi connectivity index (χ2n) is 7.51. The highest BCUT2D eigenvalue weighted by molar-refractivity contribution is 7.18. The molecule has 1 atom stereocenters. The van der Waals surface area contributed by atoms with Crippen LogP contribution >= 0.6 is 11.3 Å². The van der Waals surface area contributed by atoms with Gasteiger partial charge < -0.3 is 15.4 Å². The van der Waals surface area contributed by atoms with Gasteiger partial charge in [0.05, 0.1) is 5.39 Å². The smallest absolute Gasteiger partial charge is 0.265 e. The minimum Gasteiger partial charge on any atom is -0.506 e. The number of carbonyl (C=O) groups is 1. The maximum absolute atomic E-state index is 12.8. The molecule has 0 aliphatic heterocycles. The zero-order chi connectivity index (χ0) is 19.3. The Morgan fingerprint density at radius 3 is 2.85 bits per heavy atom. The number of carbonyl (C=O) groups excluding carboxylic acids is 1. The van der Waals surface area contributed by atoms with Crippen molar-refractivity contribution < 1.29 is 9.90 Å². The van der Waals surface area contributed by atoms with E-state index in [9.17, 15) is 14.7 Å². The number of fused-ring (bicyclic) bond motifs is 3. The van der Waals surface area contributed by atoms with Crippen LogP contribution < -0.4 is 10.9 Å². The maximum Gasteiger partial charge on any atom is 0.265 e. The molecule has 0 saturated carbocycles. The molecule has 27 heavy (non-hydrogen) atoms. The second kappa shape index (κ2) is 6.53. The first kappa shape index (κ1) is 17.8. The van der Waals surface area contributed by atoms with Crippen molar-refractivity contribution in [2.75, 3.05) is 5.32 Å². The molecule has 1 aliphatic rings. The third kappa shape index (κ3) is 3.04. The van der Waals surface area contributed by atoms with E-state index in [0.29, 0.717) is 21.8 Å². The highest BCUT2D eigenvalue weighted by atomic mass is 32.1. The van der Waals surface area contributed by atoms with Crippen LogP contribution in [0.4, 0.5) is 5.69 Å². The molecule has 2 aromatic heterocycles. The summed E-state index contributed by atoms with van der Waals surface area (Å²) >= 11 is 1.51. The number of nitrogens with one attached hydrogen (secondary N) is 2. The van der Waals surface area contributed by atoms with Gasteiger partial charge in [-0.2, -0.15) is 0 Å². The lowest BCUT2D eigenvalue weighted by Gasteiger charge is -2.18. The van der Waals surface area contributed by atoms with Crippen molar-refractivity contribution in [3.63, 3.8) is 0 Å². The van der Waals surface area contributed by atoms with Crippen LogP contribution in [0.2, 0.25) is 0 Å². The van der Waals surface area contributed by atoms with Crippen LogP contribution in [0.5, 0.6) is 5.75 Å². The van der Waals surface area contributed by atoms with Gasteiger partial charge in [-0.25, -0.2) is 0 Å². The fourth-order valence-corrected chi connectivity index (χ4v) is 5.24. The standard InChI is InChI=1S/C21H22N2O3S/c1-10-5-7-14(12(3)8-10)22-19(25)17-18(24)16-13-6-4-11(2)9-15(13)27-21(16)23-20(17)26/h5,7-8,11H,4,6,9H2,1-3H3,(H,22,25)(H2,23,24,26)/t11-/m1/s1. The average Bonchev–Trinajstić information content (AvgIpc) is 2.94. The fraction of sp³-hybridized carbons (Fsp3) is 0.333. The van der Waals surface area contributed by atoms with Crippen molar-refractivity contribution in [2.24, 2.45) is 5.92 Å². The summed E-state index contributed by atoms with van der Waals surface area (Å²) in [6.07, 6.45) is 2.84. The molecule has 0 radical (unpaired) electrons. The first-order valence-corrected chi connectivity index (χ1v) is 9.95. The van der Waals surface area contributed by atoms with Crippen molar-refractivity contribution in [1.82, 2.24) is 4.98 Å². The third-order valence-electron chi connectivity index (χ3n) is 5.30. The van der Waals surface area contributed by atoms with E-state index in [2.05, 4.69) is 17.2 Å². The fourth-order valence-electron chi connectivity index (χ4n) is 3.84. The lowest BCUT2D eigenvalue weighted by atomic mass is 9.89. The number of anilines is 1. The van der Waals surface area contributed by atoms with Crippen LogP contribution in [0.25, 0.3) is 10.2 Å². The Bertz CT molecular complexity index is 1130. The Kier molecular flexibility index (Phi) is 4.30. The normalized spacial score (nSPS) is 16.3. The SMILES string of the molecule is Cc1ccc(NC(=O)c2c(O)c3c4c(sc3[nH]c2=O)C[C@H](C)CC4)c(C)c1. The summed E-state index contributed by atoms with van der Waals surface area (Å²) in [7, 11) is 0. The number of hydrogen-bond acceptors (Lipinski definition) is 4. The number of aromatic amines is 1. The summed E-state index contributed by atoms with van der Waals surface area (Å²) < 4.78 is 0. The summed E-state index contributed by atoms with van der Waals surface area (Å²) in [6.45, 7) is 6.08. The molecule has 1 aliphatic carbocycles. The molecule has 1 amide bonds. The highest BCUT2D eigenvalue weighted by Gasteiger charge is 2.27. The van der Waals surface area contributed by atoms with Gasteiger partial charge in [-0.05, 0) is 56.2 Å². The molecule has 6 heteroatoms. The van der Waals surface area contributed by atoms with E-state index in [1.807, 2.05) is 26.0 Å². The van der Waals surface area contributed by atoms with Crippen molar-refractivity contribution in [3.05, 3.63) is 55.7 Å². The highest BCUT2D eigenvalue weighted by Crippen LogP contribution is 2.41. The zero-order valence-corrected chi connectivity index (χ0v) is 16.4. The van der Waals surface area contributed by atoms with Crippen molar-refractivity contribution in [1.29, 1.82) is 0 Å². The number of rotatable bonds is 2. The quantitative estimate of drug-likeness (QED) is 0.618. The number of benzene rings is 1. The van der Waals surface area contributed by atoms with Gasteiger partial charge in [0.1, 0.15) is 16.1 Å². The van der Waals surface area contributed by atoms with Crippen LogP contribution in [-0.2, 0) is 12.8 Å². The molecule has 4 rings (SSSR count). The number of H-pyrrole nitrogens is 1. The average molecular weight is 382 g/mol. The molecule has 3 N–H and O–H groups in total. The van der Waals surface area contributed by atoms with Crippen molar-refractivity contribution >= 4 is 33.1 Å². The topological polar surface area (TPSA) is 82.2 Å². The van der Waals surface area contributed by atoms with Crippen LogP contribution in [0.15, 0.2) is 23.0 Å². The van der Waals surface area contributed by atoms with Gasteiger partial charge in [0.25, 0.3) is 11.5 Å². The maximum atomic E-state index is 12.8. The molecular formula is C21H22N2O3S. The minimum absolute atomic E-state index is 0.205. The van der Waals surface area contributed by atoms with E-state index in [0.717, 1.165) is 36.0 Å². The third-order valence-corrected chi connectivity index (χ3v) is 6.47. The Balaban J connectivity index is 1.79.